The Bertz CT molecular complexity index is 742. The number of carbonyl (C=O) groups is 1. The second-order valence-corrected chi connectivity index (χ2v) is 6.96. The average molecular weight is 383 g/mol. The molecular weight excluding hydrogens is 354 g/mol. The van der Waals surface area contributed by atoms with Crippen LogP contribution >= 0.6 is 0 Å². The highest BCUT2D eigenvalue weighted by Gasteiger charge is 2.25. The van der Waals surface area contributed by atoms with Crippen molar-refractivity contribution < 1.29 is 19.0 Å². The molecule has 1 unspecified atom stereocenters. The first kappa shape index (κ1) is 20.4. The molecule has 1 aliphatic rings. The van der Waals surface area contributed by atoms with Crippen molar-refractivity contribution in [1.82, 2.24) is 4.90 Å². The summed E-state index contributed by atoms with van der Waals surface area (Å²) in [6, 6.07) is 16.5. The Labute approximate surface area is 167 Å². The lowest BCUT2D eigenvalue weighted by Crippen LogP contribution is -2.44. The molecule has 0 aliphatic carbocycles. The second kappa shape index (κ2) is 10.2. The molecule has 0 N–H and O–H groups in total. The fourth-order valence-electron chi connectivity index (χ4n) is 3.47. The summed E-state index contributed by atoms with van der Waals surface area (Å²) in [5, 5.41) is 0. The number of ether oxygens (including phenoxy) is 3. The van der Waals surface area contributed by atoms with Crippen LogP contribution in [-0.2, 0) is 20.9 Å². The minimum absolute atomic E-state index is 0.0283. The highest BCUT2D eigenvalue weighted by molar-refractivity contribution is 5.71. The zero-order valence-electron chi connectivity index (χ0n) is 16.7. The molecule has 0 bridgehead atoms. The topological polar surface area (TPSA) is 48.0 Å². The Morgan fingerprint density at radius 1 is 1.04 bits per heavy atom. The van der Waals surface area contributed by atoms with Gasteiger partial charge in [0.1, 0.15) is 12.0 Å². The van der Waals surface area contributed by atoms with Crippen molar-refractivity contribution in [3.05, 3.63) is 54.1 Å². The number of carbonyl (C=O) groups excluding carboxylic acids is 1. The van der Waals surface area contributed by atoms with Gasteiger partial charge in [-0.2, -0.15) is 0 Å². The summed E-state index contributed by atoms with van der Waals surface area (Å²) < 4.78 is 16.4. The number of esters is 1. The van der Waals surface area contributed by atoms with E-state index in [1.54, 1.807) is 7.11 Å². The molecule has 0 radical (unpaired) electrons. The van der Waals surface area contributed by atoms with Crippen molar-refractivity contribution in [2.75, 3.05) is 26.8 Å². The van der Waals surface area contributed by atoms with Crippen LogP contribution in [0.4, 0.5) is 0 Å². The van der Waals surface area contributed by atoms with E-state index in [-0.39, 0.29) is 12.2 Å². The van der Waals surface area contributed by atoms with E-state index in [1.807, 2.05) is 19.1 Å². The van der Waals surface area contributed by atoms with Crippen LogP contribution in [0.3, 0.4) is 0 Å². The van der Waals surface area contributed by atoms with Gasteiger partial charge in [-0.05, 0) is 55.0 Å². The molecule has 2 aromatic rings. The lowest BCUT2D eigenvalue weighted by atomic mass is 10.0. The van der Waals surface area contributed by atoms with Gasteiger partial charge in [-0.25, -0.2) is 0 Å². The number of nitrogens with zero attached hydrogens (tertiary/aromatic N) is 1. The van der Waals surface area contributed by atoms with E-state index >= 15 is 0 Å². The van der Waals surface area contributed by atoms with Crippen molar-refractivity contribution in [1.29, 1.82) is 0 Å². The average Bonchev–Trinajstić information content (AvgIpc) is 2.74. The molecule has 1 aliphatic heterocycles. The monoisotopic (exact) mass is 383 g/mol. The molecule has 5 heteroatoms. The van der Waals surface area contributed by atoms with Gasteiger partial charge >= 0.3 is 5.97 Å². The molecule has 0 spiro atoms. The SMILES string of the molecule is CCOC(=O)CN1CCCCC1OCc1ccc(-c2ccc(OC)cc2)cc1. The van der Waals surface area contributed by atoms with Crippen LogP contribution < -0.4 is 4.74 Å². The Hall–Kier alpha value is -2.37. The largest absolute Gasteiger partial charge is 0.497 e. The fraction of sp³-hybridized carbons (Fsp3) is 0.435. The zero-order chi connectivity index (χ0) is 19.8. The van der Waals surface area contributed by atoms with Crippen molar-refractivity contribution in [3.8, 4) is 16.9 Å². The van der Waals surface area contributed by atoms with Crippen LogP contribution in [0.2, 0.25) is 0 Å². The lowest BCUT2D eigenvalue weighted by molar-refractivity contribution is -0.152. The Kier molecular flexibility index (Phi) is 7.46. The summed E-state index contributed by atoms with van der Waals surface area (Å²) >= 11 is 0. The van der Waals surface area contributed by atoms with Crippen molar-refractivity contribution >= 4 is 5.97 Å². The summed E-state index contributed by atoms with van der Waals surface area (Å²) in [5.74, 6) is 0.676. The summed E-state index contributed by atoms with van der Waals surface area (Å²) in [5.41, 5.74) is 3.44. The van der Waals surface area contributed by atoms with Crippen molar-refractivity contribution in [2.45, 2.75) is 39.0 Å². The Balaban J connectivity index is 1.56. The van der Waals surface area contributed by atoms with Crippen LogP contribution in [0, 0.1) is 0 Å². The minimum atomic E-state index is -0.179. The maximum Gasteiger partial charge on any atom is 0.320 e. The molecule has 1 saturated heterocycles. The van der Waals surface area contributed by atoms with Gasteiger partial charge in [0.2, 0.25) is 0 Å². The predicted molar refractivity (Wildman–Crippen MR) is 109 cm³/mol. The number of benzene rings is 2. The number of likely N-dealkylation sites (tertiary alicyclic amines) is 1. The standard InChI is InChI=1S/C23H29NO4/c1-3-27-23(25)16-24-15-5-4-6-22(24)28-17-18-7-9-19(10-8-18)20-11-13-21(26-2)14-12-20/h7-14,22H,3-6,15-17H2,1-2H3. The highest BCUT2D eigenvalue weighted by atomic mass is 16.5. The molecule has 150 valence electrons. The van der Waals surface area contributed by atoms with Gasteiger partial charge in [-0.3, -0.25) is 9.69 Å². The Morgan fingerprint density at radius 2 is 1.71 bits per heavy atom. The number of hydrogen-bond acceptors (Lipinski definition) is 5. The third-order valence-electron chi connectivity index (χ3n) is 5.01. The molecule has 2 aromatic carbocycles. The third kappa shape index (κ3) is 5.57. The maximum atomic E-state index is 11.8. The molecule has 3 rings (SSSR count). The first-order valence-corrected chi connectivity index (χ1v) is 9.94. The summed E-state index contributed by atoms with van der Waals surface area (Å²) in [6.45, 7) is 3.96. The number of hydrogen-bond donors (Lipinski definition) is 0. The molecule has 1 atom stereocenters. The van der Waals surface area contributed by atoms with E-state index in [9.17, 15) is 4.79 Å². The summed E-state index contributed by atoms with van der Waals surface area (Å²) in [4.78, 5) is 13.9. The van der Waals surface area contributed by atoms with Gasteiger partial charge < -0.3 is 14.2 Å². The van der Waals surface area contributed by atoms with Crippen LogP contribution in [0.5, 0.6) is 5.75 Å². The first-order valence-electron chi connectivity index (χ1n) is 9.94. The normalized spacial score (nSPS) is 17.3. The molecular formula is C23H29NO4. The predicted octanol–water partition coefficient (Wildman–Crippen LogP) is 4.25. The Morgan fingerprint density at radius 3 is 2.36 bits per heavy atom. The molecule has 0 amide bonds. The molecule has 28 heavy (non-hydrogen) atoms. The lowest BCUT2D eigenvalue weighted by Gasteiger charge is -2.34. The van der Waals surface area contributed by atoms with Crippen molar-refractivity contribution in [2.24, 2.45) is 0 Å². The molecule has 0 saturated carbocycles. The van der Waals surface area contributed by atoms with E-state index in [1.165, 1.54) is 0 Å². The highest BCUT2D eigenvalue weighted by Crippen LogP contribution is 2.24. The smallest absolute Gasteiger partial charge is 0.320 e. The quantitative estimate of drug-likeness (QED) is 0.638. The van der Waals surface area contributed by atoms with E-state index in [4.69, 9.17) is 14.2 Å². The summed E-state index contributed by atoms with van der Waals surface area (Å²) in [6.07, 6.45) is 3.14. The van der Waals surface area contributed by atoms with E-state index in [0.717, 1.165) is 48.2 Å². The number of rotatable bonds is 8. The molecule has 5 nitrogen and oxygen atoms in total. The van der Waals surface area contributed by atoms with Crippen LogP contribution in [-0.4, -0.2) is 43.9 Å². The maximum absolute atomic E-state index is 11.8. The van der Waals surface area contributed by atoms with Crippen LogP contribution in [0.15, 0.2) is 48.5 Å². The van der Waals surface area contributed by atoms with E-state index < -0.39 is 0 Å². The number of methoxy groups -OCH3 is 1. The minimum Gasteiger partial charge on any atom is -0.497 e. The number of piperidine rings is 1. The molecule has 1 fully saturated rings. The van der Waals surface area contributed by atoms with Gasteiger partial charge in [-0.15, -0.1) is 0 Å². The van der Waals surface area contributed by atoms with Gasteiger partial charge in [0.25, 0.3) is 0 Å². The zero-order valence-corrected chi connectivity index (χ0v) is 16.7. The van der Waals surface area contributed by atoms with Gasteiger partial charge in [0, 0.05) is 6.54 Å². The van der Waals surface area contributed by atoms with Crippen molar-refractivity contribution in [3.63, 3.8) is 0 Å². The first-order chi connectivity index (χ1) is 13.7. The van der Waals surface area contributed by atoms with Gasteiger partial charge in [0.15, 0.2) is 0 Å². The van der Waals surface area contributed by atoms with Crippen LogP contribution in [0.1, 0.15) is 31.7 Å². The molecule has 0 aromatic heterocycles. The fourth-order valence-corrected chi connectivity index (χ4v) is 3.47. The van der Waals surface area contributed by atoms with Crippen LogP contribution in [0.25, 0.3) is 11.1 Å². The summed E-state index contributed by atoms with van der Waals surface area (Å²) in [7, 11) is 1.67. The van der Waals surface area contributed by atoms with Gasteiger partial charge in [-0.1, -0.05) is 36.4 Å². The second-order valence-electron chi connectivity index (χ2n) is 6.96. The molecule has 1 heterocycles. The third-order valence-corrected chi connectivity index (χ3v) is 5.01. The van der Waals surface area contributed by atoms with E-state index in [2.05, 4.69) is 41.3 Å². The van der Waals surface area contributed by atoms with E-state index in [0.29, 0.717) is 19.8 Å². The van der Waals surface area contributed by atoms with Gasteiger partial charge in [0.05, 0.1) is 26.9 Å².